The van der Waals surface area contributed by atoms with Crippen LogP contribution in [0, 0.1) is 0 Å². The minimum atomic E-state index is -0.704. The Labute approximate surface area is 231 Å². The summed E-state index contributed by atoms with van der Waals surface area (Å²) in [5.74, 6) is -1.61. The molecule has 0 aliphatic rings. The van der Waals surface area contributed by atoms with Crippen LogP contribution in [-0.4, -0.2) is 23.9 Å². The van der Waals surface area contributed by atoms with Crippen LogP contribution in [0.3, 0.4) is 0 Å². The van der Waals surface area contributed by atoms with E-state index >= 15 is 0 Å². The van der Waals surface area contributed by atoms with Gasteiger partial charge in [-0.3, -0.25) is 0 Å². The molecule has 0 unspecified atom stereocenters. The van der Waals surface area contributed by atoms with Crippen LogP contribution in [0.2, 0.25) is 0 Å². The van der Waals surface area contributed by atoms with Crippen molar-refractivity contribution >= 4 is 23.9 Å². The summed E-state index contributed by atoms with van der Waals surface area (Å²) >= 11 is 0. The summed E-state index contributed by atoms with van der Waals surface area (Å²) in [4.78, 5) is 48.1. The Morgan fingerprint density at radius 1 is 0.600 bits per heavy atom. The van der Waals surface area contributed by atoms with E-state index in [-0.39, 0.29) is 23.0 Å². The Balaban J connectivity index is 2.18. The zero-order chi connectivity index (χ0) is 29.2. The third kappa shape index (κ3) is 7.29. The van der Waals surface area contributed by atoms with Gasteiger partial charge in [-0.1, -0.05) is 50.1 Å². The second-order valence-electron chi connectivity index (χ2n) is 8.13. The minimum absolute atomic E-state index is 0.153. The standard InChI is InChI=1S/C32H26O8/c1-6-20(5)32(36)40-28-19-25(21-10-14-23(15-11-21)37-29(33)7-2)27(39-31(35)9-4)18-26(28)22-12-16-24(17-13-22)38-30(34)8-3/h6-19H,2-4H2,1,5H3/b20-6+. The molecular formula is C32H26O8. The molecule has 8 heteroatoms. The van der Waals surface area contributed by atoms with E-state index in [0.29, 0.717) is 27.8 Å². The van der Waals surface area contributed by atoms with E-state index in [1.807, 2.05) is 0 Å². The molecule has 0 aliphatic heterocycles. The van der Waals surface area contributed by atoms with Gasteiger partial charge in [0, 0.05) is 34.9 Å². The van der Waals surface area contributed by atoms with Gasteiger partial charge in [-0.2, -0.15) is 0 Å². The summed E-state index contributed by atoms with van der Waals surface area (Å²) in [6.07, 6.45) is 4.73. The lowest BCUT2D eigenvalue weighted by atomic mass is 9.97. The van der Waals surface area contributed by atoms with Crippen LogP contribution in [0.15, 0.2) is 110 Å². The number of benzene rings is 3. The molecule has 8 nitrogen and oxygen atoms in total. The number of hydrogen-bond acceptors (Lipinski definition) is 8. The van der Waals surface area contributed by atoms with Gasteiger partial charge in [0.25, 0.3) is 0 Å². The van der Waals surface area contributed by atoms with E-state index in [0.717, 1.165) is 18.2 Å². The molecule has 3 aromatic rings. The van der Waals surface area contributed by atoms with Crippen molar-refractivity contribution in [3.8, 4) is 45.3 Å². The zero-order valence-electron chi connectivity index (χ0n) is 22.0. The molecule has 3 aromatic carbocycles. The minimum Gasteiger partial charge on any atom is -0.423 e. The summed E-state index contributed by atoms with van der Waals surface area (Å²) in [7, 11) is 0. The van der Waals surface area contributed by atoms with Crippen molar-refractivity contribution in [2.45, 2.75) is 13.8 Å². The van der Waals surface area contributed by atoms with E-state index in [9.17, 15) is 19.2 Å². The first-order valence-corrected chi connectivity index (χ1v) is 12.0. The molecule has 0 aliphatic carbocycles. The lowest BCUT2D eigenvalue weighted by molar-refractivity contribution is -0.130. The van der Waals surface area contributed by atoms with Crippen molar-refractivity contribution < 1.29 is 38.1 Å². The number of hydrogen-bond donors (Lipinski definition) is 0. The summed E-state index contributed by atoms with van der Waals surface area (Å²) in [6, 6.07) is 16.0. The van der Waals surface area contributed by atoms with Crippen molar-refractivity contribution in [3.63, 3.8) is 0 Å². The SMILES string of the molecule is C=CC(=O)Oc1ccc(-c2cc(OC(=O)/C(C)=C/C)c(-c3ccc(OC(=O)C=C)cc3)cc2OC(=O)C=C)cc1. The molecule has 3 rings (SSSR count). The van der Waals surface area contributed by atoms with E-state index in [1.165, 1.54) is 0 Å². The van der Waals surface area contributed by atoms with Crippen LogP contribution in [0.25, 0.3) is 22.3 Å². The molecule has 0 aromatic heterocycles. The van der Waals surface area contributed by atoms with Crippen molar-refractivity contribution in [2.75, 3.05) is 0 Å². The van der Waals surface area contributed by atoms with Crippen LogP contribution in [0.1, 0.15) is 13.8 Å². The highest BCUT2D eigenvalue weighted by molar-refractivity contribution is 5.93. The van der Waals surface area contributed by atoms with Gasteiger partial charge in [-0.05, 0) is 61.4 Å². The molecule has 40 heavy (non-hydrogen) atoms. The second kappa shape index (κ2) is 13.3. The highest BCUT2D eigenvalue weighted by Crippen LogP contribution is 2.42. The summed E-state index contributed by atoms with van der Waals surface area (Å²) in [6.45, 7) is 13.5. The van der Waals surface area contributed by atoms with Crippen molar-refractivity contribution in [3.05, 3.63) is 110 Å². The number of allylic oxidation sites excluding steroid dienone is 1. The van der Waals surface area contributed by atoms with Crippen LogP contribution >= 0.6 is 0 Å². The quantitative estimate of drug-likeness (QED) is 0.172. The molecule has 0 fully saturated rings. The van der Waals surface area contributed by atoms with Gasteiger partial charge < -0.3 is 18.9 Å². The molecule has 0 saturated heterocycles. The Kier molecular flexibility index (Phi) is 9.69. The maximum absolute atomic E-state index is 12.8. The van der Waals surface area contributed by atoms with Crippen LogP contribution in [0.4, 0.5) is 0 Å². The first-order chi connectivity index (χ1) is 19.2. The van der Waals surface area contributed by atoms with Gasteiger partial charge in [0.1, 0.15) is 23.0 Å². The predicted molar refractivity (Wildman–Crippen MR) is 150 cm³/mol. The Morgan fingerprint density at radius 3 is 1.35 bits per heavy atom. The maximum atomic E-state index is 12.8. The van der Waals surface area contributed by atoms with Crippen molar-refractivity contribution in [1.29, 1.82) is 0 Å². The molecule has 0 amide bonds. The molecule has 0 atom stereocenters. The highest BCUT2D eigenvalue weighted by Gasteiger charge is 2.20. The number of rotatable bonds is 10. The lowest BCUT2D eigenvalue weighted by Gasteiger charge is -2.17. The molecule has 0 bridgehead atoms. The average molecular weight is 539 g/mol. The average Bonchev–Trinajstić information content (AvgIpc) is 2.97. The van der Waals surface area contributed by atoms with E-state index in [4.69, 9.17) is 18.9 Å². The van der Waals surface area contributed by atoms with Crippen LogP contribution in [0.5, 0.6) is 23.0 Å². The van der Waals surface area contributed by atoms with Gasteiger partial charge in [0.15, 0.2) is 0 Å². The van der Waals surface area contributed by atoms with Gasteiger partial charge in [-0.15, -0.1) is 0 Å². The molecule has 0 heterocycles. The number of ether oxygens (including phenoxy) is 4. The Bertz CT molecular complexity index is 1510. The fourth-order valence-electron chi connectivity index (χ4n) is 3.35. The van der Waals surface area contributed by atoms with Crippen LogP contribution < -0.4 is 18.9 Å². The van der Waals surface area contributed by atoms with Gasteiger partial charge in [-0.25, -0.2) is 19.2 Å². The third-order valence-corrected chi connectivity index (χ3v) is 5.52. The monoisotopic (exact) mass is 538 g/mol. The van der Waals surface area contributed by atoms with E-state index in [2.05, 4.69) is 19.7 Å². The normalized spacial score (nSPS) is 10.6. The molecule has 202 valence electrons. The third-order valence-electron chi connectivity index (χ3n) is 5.52. The molecular weight excluding hydrogens is 512 g/mol. The van der Waals surface area contributed by atoms with Gasteiger partial charge in [0.2, 0.25) is 0 Å². The van der Waals surface area contributed by atoms with Gasteiger partial charge in [0.05, 0.1) is 0 Å². The summed E-state index contributed by atoms with van der Waals surface area (Å²) < 4.78 is 21.6. The Morgan fingerprint density at radius 2 is 0.975 bits per heavy atom. The fourth-order valence-corrected chi connectivity index (χ4v) is 3.35. The summed E-state index contributed by atoms with van der Waals surface area (Å²) in [5.41, 5.74) is 2.37. The van der Waals surface area contributed by atoms with Crippen molar-refractivity contribution in [2.24, 2.45) is 0 Å². The maximum Gasteiger partial charge on any atom is 0.338 e. The predicted octanol–water partition coefficient (Wildman–Crippen LogP) is 6.17. The van der Waals surface area contributed by atoms with Gasteiger partial charge >= 0.3 is 23.9 Å². The van der Waals surface area contributed by atoms with Crippen LogP contribution in [-0.2, 0) is 19.2 Å². The molecule has 0 saturated carbocycles. The van der Waals surface area contributed by atoms with E-state index < -0.39 is 23.9 Å². The second-order valence-corrected chi connectivity index (χ2v) is 8.13. The number of carbonyl (C=O) groups excluding carboxylic acids is 4. The fraction of sp³-hybridized carbons (Fsp3) is 0.0625. The number of esters is 4. The molecule has 0 radical (unpaired) electrons. The first-order valence-electron chi connectivity index (χ1n) is 12.0. The highest BCUT2D eigenvalue weighted by atomic mass is 16.5. The molecule has 0 N–H and O–H groups in total. The Hall–Kier alpha value is -5.50. The first kappa shape index (κ1) is 29.1. The summed E-state index contributed by atoms with van der Waals surface area (Å²) in [5, 5.41) is 0. The molecule has 0 spiro atoms. The zero-order valence-corrected chi connectivity index (χ0v) is 22.0. The topological polar surface area (TPSA) is 105 Å². The number of carbonyl (C=O) groups is 4. The van der Waals surface area contributed by atoms with E-state index in [1.54, 1.807) is 80.6 Å². The smallest absolute Gasteiger partial charge is 0.338 e. The largest absolute Gasteiger partial charge is 0.423 e. The lowest BCUT2D eigenvalue weighted by Crippen LogP contribution is -2.11. The van der Waals surface area contributed by atoms with Crippen molar-refractivity contribution in [1.82, 2.24) is 0 Å².